The maximum Gasteiger partial charge on any atom is 0.414 e. The molecule has 0 aromatic rings. The number of aliphatic hydroxyl groups is 2. The van der Waals surface area contributed by atoms with Crippen molar-refractivity contribution in [2.24, 2.45) is 5.92 Å². The van der Waals surface area contributed by atoms with Gasteiger partial charge in [0.15, 0.2) is 6.10 Å². The molecule has 0 aromatic carbocycles. The van der Waals surface area contributed by atoms with Crippen LogP contribution in [0.15, 0.2) is 0 Å². The van der Waals surface area contributed by atoms with Gasteiger partial charge in [-0.1, -0.05) is 0 Å². The smallest absolute Gasteiger partial charge is 0.393 e. The lowest BCUT2D eigenvalue weighted by Gasteiger charge is -2.30. The Morgan fingerprint density at radius 3 is 1.92 bits per heavy atom. The maximum absolute atomic E-state index is 12.0. The van der Waals surface area contributed by atoms with Crippen molar-refractivity contribution in [3.63, 3.8) is 0 Å². The van der Waals surface area contributed by atoms with E-state index in [4.69, 9.17) is 10.2 Å². The molecule has 0 spiro atoms. The Morgan fingerprint density at radius 2 is 1.54 bits per heavy atom. The van der Waals surface area contributed by atoms with Gasteiger partial charge in [0.25, 0.3) is 0 Å². The molecule has 1 rings (SSSR count). The van der Waals surface area contributed by atoms with Gasteiger partial charge < -0.3 is 10.2 Å². The van der Waals surface area contributed by atoms with E-state index in [9.17, 15) is 13.2 Å². The van der Waals surface area contributed by atoms with Gasteiger partial charge in [-0.2, -0.15) is 13.2 Å². The van der Waals surface area contributed by atoms with Crippen LogP contribution in [0, 0.1) is 5.92 Å². The molecule has 1 fully saturated rings. The van der Waals surface area contributed by atoms with Crippen molar-refractivity contribution >= 4 is 0 Å². The van der Waals surface area contributed by atoms with Crippen LogP contribution in [0.4, 0.5) is 13.2 Å². The van der Waals surface area contributed by atoms with E-state index in [-0.39, 0.29) is 12.8 Å². The predicted molar refractivity (Wildman–Crippen MR) is 40.0 cm³/mol. The van der Waals surface area contributed by atoms with Gasteiger partial charge in [0.05, 0.1) is 6.10 Å². The molecule has 1 atom stereocenters. The molecule has 0 amide bonds. The Labute approximate surface area is 74.4 Å². The highest BCUT2D eigenvalue weighted by molar-refractivity contribution is 4.80. The molecule has 13 heavy (non-hydrogen) atoms. The van der Waals surface area contributed by atoms with E-state index in [1.54, 1.807) is 0 Å². The van der Waals surface area contributed by atoms with Gasteiger partial charge >= 0.3 is 6.18 Å². The summed E-state index contributed by atoms with van der Waals surface area (Å²) in [7, 11) is 0. The van der Waals surface area contributed by atoms with Gasteiger partial charge in [0, 0.05) is 0 Å². The van der Waals surface area contributed by atoms with Crippen molar-refractivity contribution < 1.29 is 23.4 Å². The molecule has 0 heterocycles. The fourth-order valence-corrected chi connectivity index (χ4v) is 1.68. The minimum atomic E-state index is -4.52. The fourth-order valence-electron chi connectivity index (χ4n) is 1.68. The van der Waals surface area contributed by atoms with Crippen LogP contribution in [0.1, 0.15) is 25.7 Å². The van der Waals surface area contributed by atoms with Crippen LogP contribution >= 0.6 is 0 Å². The predicted octanol–water partition coefficient (Wildman–Crippen LogP) is 1.46. The van der Waals surface area contributed by atoms with Gasteiger partial charge in [0.1, 0.15) is 0 Å². The molecule has 0 bridgehead atoms. The second-order valence-corrected chi connectivity index (χ2v) is 3.56. The molecule has 2 nitrogen and oxygen atoms in total. The van der Waals surface area contributed by atoms with Gasteiger partial charge in [-0.25, -0.2) is 0 Å². The first-order chi connectivity index (χ1) is 5.91. The third-order valence-electron chi connectivity index (χ3n) is 2.52. The van der Waals surface area contributed by atoms with Crippen LogP contribution in [0.5, 0.6) is 0 Å². The Bertz CT molecular complexity index is 161. The molecule has 0 saturated heterocycles. The molecule has 0 aliphatic heterocycles. The summed E-state index contributed by atoms with van der Waals surface area (Å²) < 4.78 is 36.1. The summed E-state index contributed by atoms with van der Waals surface area (Å²) in [6.45, 7) is 0. The topological polar surface area (TPSA) is 40.5 Å². The van der Waals surface area contributed by atoms with Crippen molar-refractivity contribution in [3.8, 4) is 0 Å². The summed E-state index contributed by atoms with van der Waals surface area (Å²) >= 11 is 0. The van der Waals surface area contributed by atoms with Crippen molar-refractivity contribution in [2.75, 3.05) is 0 Å². The average molecular weight is 198 g/mol. The average Bonchev–Trinajstić information content (AvgIpc) is 2.03. The molecule has 0 aromatic heterocycles. The van der Waals surface area contributed by atoms with Crippen LogP contribution in [-0.2, 0) is 0 Å². The molecule has 2 N–H and O–H groups in total. The Hall–Kier alpha value is -0.290. The van der Waals surface area contributed by atoms with E-state index in [0.29, 0.717) is 12.8 Å². The molecule has 1 aliphatic rings. The van der Waals surface area contributed by atoms with Crippen LogP contribution in [0.2, 0.25) is 0 Å². The SMILES string of the molecule is OC1CCC(C(O)C(F)(F)F)CC1. The summed E-state index contributed by atoms with van der Waals surface area (Å²) in [6, 6.07) is 0. The minimum absolute atomic E-state index is 0.252. The first-order valence-electron chi connectivity index (χ1n) is 4.34. The molecule has 1 unspecified atom stereocenters. The zero-order valence-electron chi connectivity index (χ0n) is 7.09. The zero-order chi connectivity index (χ0) is 10.1. The first kappa shape index (κ1) is 10.8. The summed E-state index contributed by atoms with van der Waals surface area (Å²) in [4.78, 5) is 0. The van der Waals surface area contributed by atoms with Crippen molar-refractivity contribution in [2.45, 2.75) is 44.1 Å². The number of hydrogen-bond donors (Lipinski definition) is 2. The van der Waals surface area contributed by atoms with Crippen LogP contribution in [0.25, 0.3) is 0 Å². The number of halogens is 3. The Balaban J connectivity index is 2.45. The summed E-state index contributed by atoms with van der Waals surface area (Å²) in [6.07, 6.45) is -6.01. The highest BCUT2D eigenvalue weighted by Crippen LogP contribution is 2.34. The standard InChI is InChI=1S/C8H13F3O2/c9-8(10,11)7(13)5-1-3-6(12)4-2-5/h5-7,12-13H,1-4H2. The third-order valence-corrected chi connectivity index (χ3v) is 2.52. The lowest BCUT2D eigenvalue weighted by Crippen LogP contribution is -2.38. The lowest BCUT2D eigenvalue weighted by molar-refractivity contribution is -0.223. The first-order valence-corrected chi connectivity index (χ1v) is 4.34. The molecule has 0 radical (unpaired) electrons. The van der Waals surface area contributed by atoms with E-state index >= 15 is 0 Å². The second-order valence-electron chi connectivity index (χ2n) is 3.56. The monoisotopic (exact) mass is 198 g/mol. The molecule has 78 valence electrons. The molecule has 5 heteroatoms. The summed E-state index contributed by atoms with van der Waals surface area (Å²) in [5.74, 6) is -0.733. The Kier molecular flexibility index (Phi) is 3.18. The van der Waals surface area contributed by atoms with Crippen LogP contribution in [0.3, 0.4) is 0 Å². The highest BCUT2D eigenvalue weighted by atomic mass is 19.4. The number of rotatable bonds is 1. The van der Waals surface area contributed by atoms with E-state index in [0.717, 1.165) is 0 Å². The maximum atomic E-state index is 12.0. The van der Waals surface area contributed by atoms with Gasteiger partial charge in [0.2, 0.25) is 0 Å². The summed E-state index contributed by atoms with van der Waals surface area (Å²) in [5.41, 5.74) is 0. The lowest BCUT2D eigenvalue weighted by atomic mass is 9.83. The van der Waals surface area contributed by atoms with E-state index in [1.165, 1.54) is 0 Å². The second kappa shape index (κ2) is 3.84. The van der Waals surface area contributed by atoms with Gasteiger partial charge in [-0.15, -0.1) is 0 Å². The van der Waals surface area contributed by atoms with Crippen molar-refractivity contribution in [3.05, 3.63) is 0 Å². The number of aliphatic hydroxyl groups excluding tert-OH is 2. The Morgan fingerprint density at radius 1 is 1.08 bits per heavy atom. The zero-order valence-corrected chi connectivity index (χ0v) is 7.09. The van der Waals surface area contributed by atoms with E-state index in [2.05, 4.69) is 0 Å². The summed E-state index contributed by atoms with van der Waals surface area (Å²) in [5, 5.41) is 17.9. The van der Waals surface area contributed by atoms with E-state index in [1.807, 2.05) is 0 Å². The quantitative estimate of drug-likeness (QED) is 0.669. The minimum Gasteiger partial charge on any atom is -0.393 e. The van der Waals surface area contributed by atoms with E-state index < -0.39 is 24.3 Å². The van der Waals surface area contributed by atoms with Crippen molar-refractivity contribution in [1.82, 2.24) is 0 Å². The fraction of sp³-hybridized carbons (Fsp3) is 1.00. The van der Waals surface area contributed by atoms with Crippen LogP contribution in [-0.4, -0.2) is 28.6 Å². The molecular formula is C8H13F3O2. The normalized spacial score (nSPS) is 33.0. The van der Waals surface area contributed by atoms with Crippen molar-refractivity contribution in [1.29, 1.82) is 0 Å². The largest absolute Gasteiger partial charge is 0.414 e. The molecular weight excluding hydrogens is 185 g/mol. The van der Waals surface area contributed by atoms with Gasteiger partial charge in [-0.3, -0.25) is 0 Å². The highest BCUT2D eigenvalue weighted by Gasteiger charge is 2.44. The van der Waals surface area contributed by atoms with Crippen LogP contribution < -0.4 is 0 Å². The van der Waals surface area contributed by atoms with Gasteiger partial charge in [-0.05, 0) is 31.6 Å². The molecule has 1 aliphatic carbocycles. The number of hydrogen-bond acceptors (Lipinski definition) is 2. The third kappa shape index (κ3) is 2.84. The number of alkyl halides is 3. The molecule has 1 saturated carbocycles.